The Balaban J connectivity index is 1.53. The van der Waals surface area contributed by atoms with Crippen molar-refractivity contribution >= 4 is 5.69 Å². The summed E-state index contributed by atoms with van der Waals surface area (Å²) in [7, 11) is 0. The zero-order chi connectivity index (χ0) is 13.4. The quantitative estimate of drug-likeness (QED) is 0.624. The molecule has 0 amide bonds. The number of β-amino-alcohol motifs (C(OH)–C–C–N with tert-alkyl or cyclic N) is 1. The van der Waals surface area contributed by atoms with Crippen LogP contribution in [-0.2, 0) is 6.54 Å². The van der Waals surface area contributed by atoms with Crippen molar-refractivity contribution in [3.8, 4) is 0 Å². The van der Waals surface area contributed by atoms with Gasteiger partial charge < -0.3 is 5.11 Å². The number of aliphatic hydroxyl groups is 1. The third-order valence-electron chi connectivity index (χ3n) is 4.20. The molecule has 0 spiro atoms. The van der Waals surface area contributed by atoms with Crippen molar-refractivity contribution in [1.82, 2.24) is 14.7 Å². The smallest absolute Gasteiger partial charge is 0.306 e. The van der Waals surface area contributed by atoms with Gasteiger partial charge in [0.25, 0.3) is 0 Å². The fraction of sp³-hybridized carbons (Fsp3) is 0.750. The highest BCUT2D eigenvalue weighted by atomic mass is 16.6. The van der Waals surface area contributed by atoms with E-state index in [9.17, 15) is 15.2 Å². The van der Waals surface area contributed by atoms with Gasteiger partial charge in [-0.05, 0) is 25.2 Å². The first-order valence-electron chi connectivity index (χ1n) is 6.71. The van der Waals surface area contributed by atoms with Crippen LogP contribution in [0.5, 0.6) is 0 Å². The number of hydrogen-bond acceptors (Lipinski definition) is 5. The van der Waals surface area contributed by atoms with Crippen molar-refractivity contribution in [2.24, 2.45) is 5.92 Å². The highest BCUT2D eigenvalue weighted by Gasteiger charge is 2.38. The molecule has 2 fully saturated rings. The second-order valence-electron chi connectivity index (χ2n) is 5.62. The van der Waals surface area contributed by atoms with E-state index in [0.717, 1.165) is 12.5 Å². The first-order valence-corrected chi connectivity index (χ1v) is 6.71. The van der Waals surface area contributed by atoms with Gasteiger partial charge in [0, 0.05) is 19.1 Å². The van der Waals surface area contributed by atoms with E-state index in [1.807, 2.05) is 0 Å². The number of likely N-dealkylation sites (tertiary alicyclic amines) is 1. The van der Waals surface area contributed by atoms with Crippen molar-refractivity contribution in [1.29, 1.82) is 0 Å². The molecular weight excluding hydrogens is 248 g/mol. The van der Waals surface area contributed by atoms with E-state index in [2.05, 4.69) is 10.00 Å². The second kappa shape index (κ2) is 4.90. The second-order valence-corrected chi connectivity index (χ2v) is 5.62. The number of nitrogens with zero attached hydrogens (tertiary/aromatic N) is 4. The molecule has 2 heterocycles. The largest absolute Gasteiger partial charge is 0.390 e. The molecule has 7 nitrogen and oxygen atoms in total. The molecule has 3 atom stereocenters. The lowest BCUT2D eigenvalue weighted by Gasteiger charge is -2.28. The number of piperidine rings is 1. The molecule has 0 aromatic carbocycles. The van der Waals surface area contributed by atoms with Crippen LogP contribution in [0.15, 0.2) is 12.4 Å². The molecule has 0 radical (unpaired) electrons. The van der Waals surface area contributed by atoms with Crippen LogP contribution in [0.25, 0.3) is 0 Å². The average Bonchev–Trinajstić information content (AvgIpc) is 3.03. The maximum Gasteiger partial charge on any atom is 0.306 e. The van der Waals surface area contributed by atoms with Crippen molar-refractivity contribution in [3.05, 3.63) is 22.5 Å². The van der Waals surface area contributed by atoms with E-state index in [0.29, 0.717) is 19.1 Å². The molecule has 2 aliphatic rings. The van der Waals surface area contributed by atoms with Crippen molar-refractivity contribution < 1.29 is 10.0 Å². The molecule has 1 N–H and O–H groups in total. The number of aliphatic hydroxyl groups excluding tert-OH is 1. The monoisotopic (exact) mass is 266 g/mol. The molecule has 1 saturated heterocycles. The molecule has 104 valence electrons. The van der Waals surface area contributed by atoms with Crippen molar-refractivity contribution in [2.75, 3.05) is 13.1 Å². The van der Waals surface area contributed by atoms with Gasteiger partial charge in [0.15, 0.2) is 0 Å². The predicted octanol–water partition coefficient (Wildman–Crippen LogP) is 0.636. The van der Waals surface area contributed by atoms with E-state index < -0.39 is 11.0 Å². The first kappa shape index (κ1) is 12.6. The minimum absolute atomic E-state index is 0.0348. The van der Waals surface area contributed by atoms with Gasteiger partial charge in [-0.25, -0.2) is 0 Å². The number of hydrogen-bond donors (Lipinski definition) is 1. The zero-order valence-corrected chi connectivity index (χ0v) is 10.7. The highest BCUT2D eigenvalue weighted by Crippen LogP contribution is 2.37. The van der Waals surface area contributed by atoms with Gasteiger partial charge >= 0.3 is 5.69 Å². The topological polar surface area (TPSA) is 84.4 Å². The van der Waals surface area contributed by atoms with E-state index in [1.54, 1.807) is 0 Å². The summed E-state index contributed by atoms with van der Waals surface area (Å²) in [5, 5.41) is 24.5. The maximum atomic E-state index is 10.5. The Hall–Kier alpha value is -1.47. The van der Waals surface area contributed by atoms with E-state index >= 15 is 0 Å². The minimum atomic E-state index is -0.529. The molecule has 19 heavy (non-hydrogen) atoms. The molecule has 2 bridgehead atoms. The fourth-order valence-electron chi connectivity index (χ4n) is 3.34. The number of fused-ring (bicyclic) bond motifs is 2. The van der Waals surface area contributed by atoms with Gasteiger partial charge in [-0.15, -0.1) is 0 Å². The SMILES string of the molecule is O=[N+]([O-])c1cnn(CC(O)CN2CC3CCC2C3)c1. The van der Waals surface area contributed by atoms with Gasteiger partial charge in [0.1, 0.15) is 12.4 Å². The van der Waals surface area contributed by atoms with Crippen LogP contribution in [0.2, 0.25) is 0 Å². The van der Waals surface area contributed by atoms with Crippen LogP contribution in [0.1, 0.15) is 19.3 Å². The number of aromatic nitrogens is 2. The Kier molecular flexibility index (Phi) is 3.24. The summed E-state index contributed by atoms with van der Waals surface area (Å²) in [5.74, 6) is 0.808. The molecular formula is C12H18N4O3. The third-order valence-corrected chi connectivity index (χ3v) is 4.20. The Bertz CT molecular complexity index is 475. The Labute approximate surface area is 111 Å². The van der Waals surface area contributed by atoms with Crippen LogP contribution in [-0.4, -0.2) is 49.9 Å². The van der Waals surface area contributed by atoms with Gasteiger partial charge in [0.2, 0.25) is 0 Å². The minimum Gasteiger partial charge on any atom is -0.390 e. The zero-order valence-electron chi connectivity index (χ0n) is 10.7. The Morgan fingerprint density at radius 3 is 2.95 bits per heavy atom. The molecule has 3 unspecified atom stereocenters. The van der Waals surface area contributed by atoms with Gasteiger partial charge in [0.05, 0.1) is 17.6 Å². The normalized spacial score (nSPS) is 27.8. The summed E-state index contributed by atoms with van der Waals surface area (Å²) in [4.78, 5) is 12.4. The summed E-state index contributed by atoms with van der Waals surface area (Å²) in [5.41, 5.74) is -0.0348. The maximum absolute atomic E-state index is 10.5. The van der Waals surface area contributed by atoms with Gasteiger partial charge in [-0.3, -0.25) is 19.7 Å². The van der Waals surface area contributed by atoms with E-state index in [-0.39, 0.29) is 5.69 Å². The first-order chi connectivity index (χ1) is 9.11. The highest BCUT2D eigenvalue weighted by molar-refractivity contribution is 5.20. The van der Waals surface area contributed by atoms with E-state index in [4.69, 9.17) is 0 Å². The van der Waals surface area contributed by atoms with Crippen LogP contribution >= 0.6 is 0 Å². The number of nitro groups is 1. The molecule has 1 aromatic rings. The summed E-state index contributed by atoms with van der Waals surface area (Å²) < 4.78 is 1.44. The molecule has 1 aliphatic carbocycles. The van der Waals surface area contributed by atoms with Gasteiger partial charge in [-0.2, -0.15) is 5.10 Å². The summed E-state index contributed by atoms with van der Waals surface area (Å²) >= 11 is 0. The average molecular weight is 266 g/mol. The van der Waals surface area contributed by atoms with Crippen molar-refractivity contribution in [2.45, 2.75) is 38.0 Å². The molecule has 1 aliphatic heterocycles. The van der Waals surface area contributed by atoms with Gasteiger partial charge in [-0.1, -0.05) is 0 Å². The fourth-order valence-corrected chi connectivity index (χ4v) is 3.34. The lowest BCUT2D eigenvalue weighted by atomic mass is 10.1. The van der Waals surface area contributed by atoms with E-state index in [1.165, 1.54) is 36.3 Å². The number of rotatable bonds is 5. The van der Waals surface area contributed by atoms with Crippen LogP contribution < -0.4 is 0 Å². The lowest BCUT2D eigenvalue weighted by molar-refractivity contribution is -0.385. The van der Waals surface area contributed by atoms with Crippen LogP contribution in [0.4, 0.5) is 5.69 Å². The third kappa shape index (κ3) is 2.62. The summed E-state index contributed by atoms with van der Waals surface area (Å²) in [6.07, 6.45) is 5.87. The van der Waals surface area contributed by atoms with Crippen molar-refractivity contribution in [3.63, 3.8) is 0 Å². The summed E-state index contributed by atoms with van der Waals surface area (Å²) in [6.45, 7) is 2.03. The van der Waals surface area contributed by atoms with Crippen LogP contribution in [0.3, 0.4) is 0 Å². The molecule has 1 aromatic heterocycles. The molecule has 1 saturated carbocycles. The lowest BCUT2D eigenvalue weighted by Crippen LogP contribution is -2.39. The molecule has 3 rings (SSSR count). The Morgan fingerprint density at radius 2 is 2.37 bits per heavy atom. The van der Waals surface area contributed by atoms with Crippen LogP contribution in [0, 0.1) is 16.0 Å². The predicted molar refractivity (Wildman–Crippen MR) is 67.6 cm³/mol. The molecule has 7 heteroatoms. The summed E-state index contributed by atoms with van der Waals surface area (Å²) in [6, 6.07) is 0.631. The standard InChI is InChI=1S/C12H18N4O3/c17-12(7-14-5-9-1-2-10(14)3-9)8-15-6-11(4-13-15)16(18)19/h4,6,9-10,12,17H,1-3,5,7-8H2. The Morgan fingerprint density at radius 1 is 1.53 bits per heavy atom.